The first-order valence-electron chi connectivity index (χ1n) is 5.30. The number of hydrogen-bond donors (Lipinski definition) is 2. The molecule has 0 saturated carbocycles. The minimum Gasteiger partial charge on any atom is -0.379 e. The van der Waals surface area contributed by atoms with Gasteiger partial charge in [-0.15, -0.1) is 11.3 Å². The van der Waals surface area contributed by atoms with Crippen molar-refractivity contribution in [3.63, 3.8) is 0 Å². The van der Waals surface area contributed by atoms with Gasteiger partial charge in [-0.2, -0.15) is 0 Å². The number of fused-ring (bicyclic) bond motifs is 1. The van der Waals surface area contributed by atoms with E-state index in [0.29, 0.717) is 11.0 Å². The summed E-state index contributed by atoms with van der Waals surface area (Å²) in [6.07, 6.45) is 0.507. The molecule has 1 aliphatic carbocycles. The van der Waals surface area contributed by atoms with Gasteiger partial charge in [-0.1, -0.05) is 24.3 Å². The van der Waals surface area contributed by atoms with Crippen LogP contribution in [-0.4, -0.2) is 10.1 Å². The first-order chi connectivity index (χ1) is 8.13. The lowest BCUT2D eigenvalue weighted by Crippen LogP contribution is -2.24. The average Bonchev–Trinajstić information content (AvgIpc) is 2.85. The Morgan fingerprint density at radius 2 is 2.24 bits per heavy atom. The molecule has 3 rings (SSSR count). The van der Waals surface area contributed by atoms with E-state index in [2.05, 4.69) is 20.9 Å². The fourth-order valence-corrected chi connectivity index (χ4v) is 4.10. The smallest absolute Gasteiger partial charge is 0.129 e. The molecule has 0 spiro atoms. The lowest BCUT2D eigenvalue weighted by molar-refractivity contribution is 0.0805. The molecule has 0 radical (unpaired) electrons. The normalized spacial score (nSPS) is 27.1. The zero-order valence-corrected chi connectivity index (χ0v) is 11.3. The quantitative estimate of drug-likeness (QED) is 0.851. The molecule has 3 N–H and O–H groups in total. The van der Waals surface area contributed by atoms with Gasteiger partial charge in [0.15, 0.2) is 0 Å². The largest absolute Gasteiger partial charge is 0.379 e. The van der Waals surface area contributed by atoms with E-state index in [0.717, 1.165) is 16.0 Å². The van der Waals surface area contributed by atoms with Gasteiger partial charge >= 0.3 is 0 Å². The molecule has 1 aromatic heterocycles. The number of aliphatic hydroxyl groups is 1. The molecule has 0 fully saturated rings. The predicted molar refractivity (Wildman–Crippen MR) is 70.8 cm³/mol. The maximum absolute atomic E-state index is 10.9. The number of halogens is 1. The van der Waals surface area contributed by atoms with Gasteiger partial charge in [0.2, 0.25) is 0 Å². The monoisotopic (exact) mass is 310 g/mol. The SMILES string of the molecule is NC1CC(O)(c2scnc2Br)c2ccccc21. The molecule has 0 saturated heterocycles. The maximum Gasteiger partial charge on any atom is 0.129 e. The first-order valence-corrected chi connectivity index (χ1v) is 6.97. The minimum absolute atomic E-state index is 0.120. The molecule has 0 aliphatic heterocycles. The average molecular weight is 311 g/mol. The van der Waals surface area contributed by atoms with Gasteiger partial charge in [-0.05, 0) is 27.1 Å². The zero-order chi connectivity index (χ0) is 12.0. The van der Waals surface area contributed by atoms with Crippen LogP contribution in [0.3, 0.4) is 0 Å². The van der Waals surface area contributed by atoms with E-state index >= 15 is 0 Å². The van der Waals surface area contributed by atoms with E-state index < -0.39 is 5.60 Å². The van der Waals surface area contributed by atoms with Crippen LogP contribution in [0.1, 0.15) is 28.5 Å². The lowest BCUT2D eigenvalue weighted by Gasteiger charge is -2.22. The Balaban J connectivity index is 2.21. The van der Waals surface area contributed by atoms with Crippen LogP contribution in [0.4, 0.5) is 0 Å². The van der Waals surface area contributed by atoms with Crippen molar-refractivity contribution in [3.05, 3.63) is 50.4 Å². The Morgan fingerprint density at radius 3 is 2.94 bits per heavy atom. The summed E-state index contributed by atoms with van der Waals surface area (Å²) >= 11 is 4.83. The molecular weight excluding hydrogens is 300 g/mol. The van der Waals surface area contributed by atoms with Gasteiger partial charge < -0.3 is 10.8 Å². The molecule has 2 unspecified atom stereocenters. The number of thiazole rings is 1. The Kier molecular flexibility index (Phi) is 2.59. The summed E-state index contributed by atoms with van der Waals surface area (Å²) < 4.78 is 0.703. The Hall–Kier alpha value is -0.750. The van der Waals surface area contributed by atoms with Gasteiger partial charge in [0.05, 0.1) is 10.4 Å². The summed E-state index contributed by atoms with van der Waals surface area (Å²) in [5.74, 6) is 0. The van der Waals surface area contributed by atoms with Crippen molar-refractivity contribution in [3.8, 4) is 0 Å². The van der Waals surface area contributed by atoms with Crippen LogP contribution < -0.4 is 5.73 Å². The molecule has 0 bridgehead atoms. The van der Waals surface area contributed by atoms with Crippen LogP contribution in [0.2, 0.25) is 0 Å². The maximum atomic E-state index is 10.9. The van der Waals surface area contributed by atoms with Crippen molar-refractivity contribution in [1.82, 2.24) is 4.98 Å². The third-order valence-electron chi connectivity index (χ3n) is 3.22. The fraction of sp³-hybridized carbons (Fsp3) is 0.250. The summed E-state index contributed by atoms with van der Waals surface area (Å²) in [7, 11) is 0. The highest BCUT2D eigenvalue weighted by atomic mass is 79.9. The van der Waals surface area contributed by atoms with Gasteiger partial charge in [0.1, 0.15) is 10.2 Å². The molecule has 1 aliphatic rings. The molecule has 3 nitrogen and oxygen atoms in total. The van der Waals surface area contributed by atoms with Crippen molar-refractivity contribution in [2.45, 2.75) is 18.1 Å². The molecule has 5 heteroatoms. The topological polar surface area (TPSA) is 59.1 Å². The minimum atomic E-state index is -1.00. The van der Waals surface area contributed by atoms with Crippen molar-refractivity contribution in [1.29, 1.82) is 0 Å². The van der Waals surface area contributed by atoms with Crippen LogP contribution in [-0.2, 0) is 5.60 Å². The molecular formula is C12H11BrN2OS. The Morgan fingerprint density at radius 1 is 1.47 bits per heavy atom. The third kappa shape index (κ3) is 1.57. The highest BCUT2D eigenvalue weighted by molar-refractivity contribution is 9.10. The number of nitrogens with zero attached hydrogens (tertiary/aromatic N) is 1. The number of nitrogens with two attached hydrogens (primary N) is 1. The number of hydrogen-bond acceptors (Lipinski definition) is 4. The standard InChI is InChI=1S/C12H11BrN2OS/c13-11-10(17-6-15-11)12(16)5-9(14)7-3-1-2-4-8(7)12/h1-4,6,9,16H,5,14H2. The molecule has 1 heterocycles. The summed E-state index contributed by atoms with van der Waals surface area (Å²) in [5.41, 5.74) is 8.73. The lowest BCUT2D eigenvalue weighted by atomic mass is 9.95. The van der Waals surface area contributed by atoms with E-state index in [1.807, 2.05) is 24.3 Å². The van der Waals surface area contributed by atoms with E-state index in [1.54, 1.807) is 5.51 Å². The highest BCUT2D eigenvalue weighted by Crippen LogP contribution is 2.49. The number of benzene rings is 1. The molecule has 2 aromatic rings. The van der Waals surface area contributed by atoms with Crippen LogP contribution in [0, 0.1) is 0 Å². The summed E-state index contributed by atoms with van der Waals surface area (Å²) in [6, 6.07) is 7.68. The number of aromatic nitrogens is 1. The van der Waals surface area contributed by atoms with Gasteiger partial charge in [-0.25, -0.2) is 4.98 Å². The molecule has 17 heavy (non-hydrogen) atoms. The fourth-order valence-electron chi connectivity index (χ4n) is 2.45. The summed E-state index contributed by atoms with van der Waals surface area (Å²) in [4.78, 5) is 4.97. The van der Waals surface area contributed by atoms with E-state index in [9.17, 15) is 5.11 Å². The molecule has 88 valence electrons. The summed E-state index contributed by atoms with van der Waals surface area (Å²) in [6.45, 7) is 0. The van der Waals surface area contributed by atoms with Gasteiger partial charge in [0.25, 0.3) is 0 Å². The Bertz CT molecular complexity index is 571. The van der Waals surface area contributed by atoms with E-state index in [1.165, 1.54) is 11.3 Å². The predicted octanol–water partition coefficient (Wildman–Crippen LogP) is 2.55. The van der Waals surface area contributed by atoms with Crippen molar-refractivity contribution in [2.75, 3.05) is 0 Å². The molecule has 2 atom stereocenters. The first kappa shape index (κ1) is 11.3. The van der Waals surface area contributed by atoms with Crippen LogP contribution in [0.25, 0.3) is 0 Å². The van der Waals surface area contributed by atoms with Crippen LogP contribution in [0.15, 0.2) is 34.4 Å². The Labute approximate surface area is 111 Å². The third-order valence-corrected chi connectivity index (χ3v) is 5.06. The second-order valence-corrected chi connectivity index (χ2v) is 5.84. The van der Waals surface area contributed by atoms with Crippen LogP contribution >= 0.6 is 27.3 Å². The zero-order valence-electron chi connectivity index (χ0n) is 8.93. The second-order valence-electron chi connectivity index (χ2n) is 4.23. The highest BCUT2D eigenvalue weighted by Gasteiger charge is 2.44. The summed E-state index contributed by atoms with van der Waals surface area (Å²) in [5, 5.41) is 10.9. The molecule has 1 aromatic carbocycles. The van der Waals surface area contributed by atoms with E-state index in [4.69, 9.17) is 5.73 Å². The van der Waals surface area contributed by atoms with Crippen LogP contribution in [0.5, 0.6) is 0 Å². The van der Waals surface area contributed by atoms with Gasteiger partial charge in [0, 0.05) is 12.5 Å². The van der Waals surface area contributed by atoms with Crippen molar-refractivity contribution < 1.29 is 5.11 Å². The molecule has 0 amide bonds. The van der Waals surface area contributed by atoms with Crippen molar-refractivity contribution in [2.24, 2.45) is 5.73 Å². The second kappa shape index (κ2) is 3.88. The van der Waals surface area contributed by atoms with E-state index in [-0.39, 0.29) is 6.04 Å². The van der Waals surface area contributed by atoms with Crippen molar-refractivity contribution >= 4 is 27.3 Å². The van der Waals surface area contributed by atoms with Gasteiger partial charge in [-0.3, -0.25) is 0 Å². The number of rotatable bonds is 1.